The summed E-state index contributed by atoms with van der Waals surface area (Å²) in [5, 5.41) is 3.36. The van der Waals surface area contributed by atoms with Crippen molar-refractivity contribution in [1.82, 2.24) is 15.1 Å². The van der Waals surface area contributed by atoms with E-state index in [1.165, 1.54) is 13.2 Å². The molecule has 2 aliphatic rings. The van der Waals surface area contributed by atoms with Gasteiger partial charge in [0, 0.05) is 51.7 Å². The van der Waals surface area contributed by atoms with Gasteiger partial charge >= 0.3 is 0 Å². The molecular formula is C18H27ClFN3O2. The number of aryl methyl sites for hydroxylation is 1. The standard InChI is InChI=1S/C18H26FN3O2.ClH/c1-24-17-4-2-14(12-16(17)19)3-5-18(23)22-9-6-15(13-22)21-10-7-20-8-11-21;/h2,4,12,15,20H,3,5-11,13H2,1H3;1H. The molecule has 140 valence electrons. The van der Waals surface area contributed by atoms with Gasteiger partial charge in [0.1, 0.15) is 0 Å². The maximum absolute atomic E-state index is 13.7. The molecule has 2 heterocycles. The Morgan fingerprint density at radius 2 is 2.08 bits per heavy atom. The van der Waals surface area contributed by atoms with Crippen molar-refractivity contribution in [3.63, 3.8) is 0 Å². The Kier molecular flexibility index (Phi) is 7.47. The largest absolute Gasteiger partial charge is 0.494 e. The highest BCUT2D eigenvalue weighted by Crippen LogP contribution is 2.20. The third-order valence-electron chi connectivity index (χ3n) is 5.03. The second-order valence-corrected chi connectivity index (χ2v) is 6.54. The number of ether oxygens (including phenoxy) is 1. The zero-order valence-electron chi connectivity index (χ0n) is 14.7. The van der Waals surface area contributed by atoms with Crippen LogP contribution in [0.15, 0.2) is 18.2 Å². The summed E-state index contributed by atoms with van der Waals surface area (Å²) in [6.07, 6.45) is 2.05. The topological polar surface area (TPSA) is 44.8 Å². The molecule has 0 aliphatic carbocycles. The van der Waals surface area contributed by atoms with Crippen LogP contribution in [-0.4, -0.2) is 68.1 Å². The van der Waals surface area contributed by atoms with Crippen LogP contribution in [0.4, 0.5) is 4.39 Å². The van der Waals surface area contributed by atoms with Gasteiger partial charge in [-0.15, -0.1) is 12.4 Å². The van der Waals surface area contributed by atoms with Crippen LogP contribution < -0.4 is 10.1 Å². The summed E-state index contributed by atoms with van der Waals surface area (Å²) < 4.78 is 18.6. The fraction of sp³-hybridized carbons (Fsp3) is 0.611. The molecule has 0 aromatic heterocycles. The first-order valence-electron chi connectivity index (χ1n) is 8.72. The summed E-state index contributed by atoms with van der Waals surface area (Å²) in [5.74, 6) is 0.0368. The number of methoxy groups -OCH3 is 1. The van der Waals surface area contributed by atoms with Crippen molar-refractivity contribution in [1.29, 1.82) is 0 Å². The number of likely N-dealkylation sites (tertiary alicyclic amines) is 1. The van der Waals surface area contributed by atoms with Crippen LogP contribution in [0.2, 0.25) is 0 Å². The summed E-state index contributed by atoms with van der Waals surface area (Å²) in [4.78, 5) is 16.9. The molecule has 2 fully saturated rings. The molecule has 1 aromatic rings. The number of rotatable bonds is 5. The van der Waals surface area contributed by atoms with E-state index in [0.29, 0.717) is 18.9 Å². The Morgan fingerprint density at radius 1 is 1.32 bits per heavy atom. The first kappa shape index (κ1) is 19.9. The highest BCUT2D eigenvalue weighted by atomic mass is 35.5. The third kappa shape index (κ3) is 5.06. The number of carbonyl (C=O) groups is 1. The number of benzene rings is 1. The zero-order chi connectivity index (χ0) is 16.9. The van der Waals surface area contributed by atoms with Gasteiger partial charge in [-0.3, -0.25) is 9.69 Å². The van der Waals surface area contributed by atoms with E-state index in [0.717, 1.165) is 51.3 Å². The minimum absolute atomic E-state index is 0. The highest BCUT2D eigenvalue weighted by Gasteiger charge is 2.30. The van der Waals surface area contributed by atoms with Crippen LogP contribution in [0.1, 0.15) is 18.4 Å². The van der Waals surface area contributed by atoms with Crippen LogP contribution in [0.3, 0.4) is 0 Å². The van der Waals surface area contributed by atoms with Crippen LogP contribution in [0.5, 0.6) is 5.75 Å². The van der Waals surface area contributed by atoms with E-state index in [1.54, 1.807) is 6.07 Å². The predicted octanol–water partition coefficient (Wildman–Crippen LogP) is 1.69. The normalized spacial score (nSPS) is 21.0. The minimum Gasteiger partial charge on any atom is -0.494 e. The lowest BCUT2D eigenvalue weighted by molar-refractivity contribution is -0.130. The molecule has 1 amide bonds. The Bertz CT molecular complexity index is 581. The van der Waals surface area contributed by atoms with Crippen molar-refractivity contribution < 1.29 is 13.9 Å². The fourth-order valence-electron chi connectivity index (χ4n) is 3.59. The summed E-state index contributed by atoms with van der Waals surface area (Å²) >= 11 is 0. The maximum Gasteiger partial charge on any atom is 0.222 e. The number of nitrogens with one attached hydrogen (secondary N) is 1. The molecule has 5 nitrogen and oxygen atoms in total. The number of amides is 1. The zero-order valence-corrected chi connectivity index (χ0v) is 15.5. The molecule has 25 heavy (non-hydrogen) atoms. The van der Waals surface area contributed by atoms with Crippen LogP contribution in [-0.2, 0) is 11.2 Å². The van der Waals surface area contributed by atoms with Crippen molar-refractivity contribution in [2.75, 3.05) is 46.4 Å². The highest BCUT2D eigenvalue weighted by molar-refractivity contribution is 5.85. The molecule has 3 rings (SSSR count). The molecule has 2 saturated heterocycles. The maximum atomic E-state index is 13.7. The summed E-state index contributed by atoms with van der Waals surface area (Å²) in [5.41, 5.74) is 0.833. The third-order valence-corrected chi connectivity index (χ3v) is 5.03. The van der Waals surface area contributed by atoms with Crippen LogP contribution >= 0.6 is 12.4 Å². The molecule has 1 atom stereocenters. The summed E-state index contributed by atoms with van der Waals surface area (Å²) in [7, 11) is 1.45. The Labute approximate surface area is 154 Å². The Balaban J connectivity index is 0.00000225. The smallest absolute Gasteiger partial charge is 0.222 e. The first-order valence-corrected chi connectivity index (χ1v) is 8.72. The number of carbonyl (C=O) groups excluding carboxylic acids is 1. The van der Waals surface area contributed by atoms with Crippen LogP contribution in [0.25, 0.3) is 0 Å². The van der Waals surface area contributed by atoms with Gasteiger partial charge in [-0.2, -0.15) is 0 Å². The predicted molar refractivity (Wildman–Crippen MR) is 97.9 cm³/mol. The van der Waals surface area contributed by atoms with E-state index in [1.807, 2.05) is 11.0 Å². The van der Waals surface area contributed by atoms with Gasteiger partial charge in [-0.05, 0) is 30.5 Å². The average Bonchev–Trinajstić information content (AvgIpc) is 3.11. The van der Waals surface area contributed by atoms with Crippen molar-refractivity contribution in [3.05, 3.63) is 29.6 Å². The lowest BCUT2D eigenvalue weighted by atomic mass is 10.1. The summed E-state index contributed by atoms with van der Waals surface area (Å²) in [6.45, 7) is 5.87. The molecule has 0 saturated carbocycles. The van der Waals surface area contributed by atoms with Gasteiger partial charge in [0.05, 0.1) is 7.11 Å². The van der Waals surface area contributed by atoms with Crippen molar-refractivity contribution in [2.24, 2.45) is 0 Å². The lowest BCUT2D eigenvalue weighted by Crippen LogP contribution is -2.49. The molecule has 1 unspecified atom stereocenters. The quantitative estimate of drug-likeness (QED) is 0.855. The molecule has 1 N–H and O–H groups in total. The molecule has 7 heteroatoms. The van der Waals surface area contributed by atoms with Crippen molar-refractivity contribution in [2.45, 2.75) is 25.3 Å². The van der Waals surface area contributed by atoms with Gasteiger partial charge < -0.3 is 15.0 Å². The van der Waals surface area contributed by atoms with E-state index in [2.05, 4.69) is 10.2 Å². The lowest BCUT2D eigenvalue weighted by Gasteiger charge is -2.32. The average molecular weight is 372 g/mol. The second kappa shape index (κ2) is 9.36. The molecule has 0 radical (unpaired) electrons. The van der Waals surface area contributed by atoms with Crippen molar-refractivity contribution >= 4 is 18.3 Å². The fourth-order valence-corrected chi connectivity index (χ4v) is 3.59. The van der Waals surface area contributed by atoms with Crippen molar-refractivity contribution in [3.8, 4) is 5.75 Å². The molecule has 0 spiro atoms. The molecular weight excluding hydrogens is 345 g/mol. The van der Waals surface area contributed by atoms with Gasteiger partial charge in [0.25, 0.3) is 0 Å². The van der Waals surface area contributed by atoms with Gasteiger partial charge in [0.15, 0.2) is 11.6 Å². The van der Waals surface area contributed by atoms with Gasteiger partial charge in [0.2, 0.25) is 5.91 Å². The van der Waals surface area contributed by atoms with E-state index in [9.17, 15) is 9.18 Å². The number of hydrogen-bond donors (Lipinski definition) is 1. The van der Waals surface area contributed by atoms with E-state index < -0.39 is 0 Å². The number of nitrogens with zero attached hydrogens (tertiary/aromatic N) is 2. The van der Waals surface area contributed by atoms with E-state index in [-0.39, 0.29) is 29.9 Å². The molecule has 0 bridgehead atoms. The van der Waals surface area contributed by atoms with Gasteiger partial charge in [-0.1, -0.05) is 6.07 Å². The summed E-state index contributed by atoms with van der Waals surface area (Å²) in [6, 6.07) is 5.39. The van der Waals surface area contributed by atoms with E-state index >= 15 is 0 Å². The molecule has 2 aliphatic heterocycles. The monoisotopic (exact) mass is 371 g/mol. The number of hydrogen-bond acceptors (Lipinski definition) is 4. The molecule has 1 aromatic carbocycles. The Morgan fingerprint density at radius 3 is 2.76 bits per heavy atom. The number of piperazine rings is 1. The Hall–Kier alpha value is -1.37. The van der Waals surface area contributed by atoms with Crippen LogP contribution in [0, 0.1) is 5.82 Å². The SMILES string of the molecule is COc1ccc(CCC(=O)N2CCC(N3CCNCC3)C2)cc1F.Cl. The van der Waals surface area contributed by atoms with E-state index in [4.69, 9.17) is 4.74 Å². The van der Waals surface area contributed by atoms with Gasteiger partial charge in [-0.25, -0.2) is 4.39 Å². The number of halogens is 2. The second-order valence-electron chi connectivity index (χ2n) is 6.54. The first-order chi connectivity index (χ1) is 11.7. The minimum atomic E-state index is -0.373.